The molecule has 0 radical (unpaired) electrons. The molecule has 2 aromatic carbocycles. The van der Waals surface area contributed by atoms with Crippen molar-refractivity contribution in [2.45, 2.75) is 19.6 Å². The first-order valence-corrected chi connectivity index (χ1v) is 6.82. The van der Waals surface area contributed by atoms with E-state index in [4.69, 9.17) is 4.74 Å². The first kappa shape index (κ1) is 13.6. The van der Waals surface area contributed by atoms with Crippen LogP contribution in [0.5, 0.6) is 0 Å². The third-order valence-electron chi connectivity index (χ3n) is 3.53. The Morgan fingerprint density at radius 1 is 1.00 bits per heavy atom. The van der Waals surface area contributed by atoms with E-state index in [2.05, 4.69) is 0 Å². The fourth-order valence-corrected chi connectivity index (χ4v) is 2.69. The molecule has 0 unspecified atom stereocenters. The van der Waals surface area contributed by atoms with E-state index in [0.29, 0.717) is 11.1 Å². The van der Waals surface area contributed by atoms with Crippen LogP contribution in [0.15, 0.2) is 60.2 Å². The third-order valence-corrected chi connectivity index (χ3v) is 3.53. The van der Waals surface area contributed by atoms with E-state index in [-0.39, 0.29) is 0 Å². The van der Waals surface area contributed by atoms with Crippen LogP contribution in [0.4, 0.5) is 0 Å². The van der Waals surface area contributed by atoms with Crippen LogP contribution < -0.4 is 0 Å². The standard InChI is InChI=1S/C18H16O3/c1-12(2)11-17(19)21-18(20)15-9-5-3-7-13(15)14-8-4-6-10-16(14)18/h3-11,20H,1-2H3. The second-order valence-corrected chi connectivity index (χ2v) is 5.38. The lowest BCUT2D eigenvalue weighted by atomic mass is 10.0. The van der Waals surface area contributed by atoms with Gasteiger partial charge in [0.1, 0.15) is 0 Å². The summed E-state index contributed by atoms with van der Waals surface area (Å²) in [5.41, 5.74) is 3.80. The predicted molar refractivity (Wildman–Crippen MR) is 80.4 cm³/mol. The maximum Gasteiger partial charge on any atom is 0.333 e. The smallest absolute Gasteiger partial charge is 0.333 e. The Morgan fingerprint density at radius 2 is 1.48 bits per heavy atom. The number of rotatable bonds is 2. The van der Waals surface area contributed by atoms with Crippen molar-refractivity contribution in [1.29, 1.82) is 0 Å². The first-order chi connectivity index (χ1) is 10.0. The van der Waals surface area contributed by atoms with Crippen molar-refractivity contribution in [2.24, 2.45) is 0 Å². The molecule has 2 aromatic rings. The summed E-state index contributed by atoms with van der Waals surface area (Å²) in [5.74, 6) is -2.28. The molecule has 21 heavy (non-hydrogen) atoms. The molecule has 1 aliphatic carbocycles. The van der Waals surface area contributed by atoms with Gasteiger partial charge in [-0.05, 0) is 25.0 Å². The van der Waals surface area contributed by atoms with E-state index < -0.39 is 11.8 Å². The van der Waals surface area contributed by atoms with Crippen molar-refractivity contribution in [3.63, 3.8) is 0 Å². The molecule has 3 heteroatoms. The topological polar surface area (TPSA) is 46.5 Å². The number of ether oxygens (including phenoxy) is 1. The number of benzene rings is 2. The van der Waals surface area contributed by atoms with Crippen LogP contribution in [0.3, 0.4) is 0 Å². The van der Waals surface area contributed by atoms with E-state index >= 15 is 0 Å². The van der Waals surface area contributed by atoms with Crippen molar-refractivity contribution in [3.05, 3.63) is 71.3 Å². The van der Waals surface area contributed by atoms with Crippen LogP contribution in [-0.2, 0) is 15.3 Å². The highest BCUT2D eigenvalue weighted by atomic mass is 16.7. The van der Waals surface area contributed by atoms with E-state index in [9.17, 15) is 9.90 Å². The summed E-state index contributed by atoms with van der Waals surface area (Å²) in [6, 6.07) is 14.9. The van der Waals surface area contributed by atoms with Gasteiger partial charge in [0, 0.05) is 17.2 Å². The van der Waals surface area contributed by atoms with Crippen LogP contribution in [0.25, 0.3) is 11.1 Å². The summed E-state index contributed by atoms with van der Waals surface area (Å²) in [4.78, 5) is 12.0. The van der Waals surface area contributed by atoms with Gasteiger partial charge in [0.05, 0.1) is 0 Å². The molecule has 0 fully saturated rings. The molecule has 0 heterocycles. The molecule has 1 aliphatic rings. The van der Waals surface area contributed by atoms with Crippen LogP contribution in [0, 0.1) is 0 Å². The SMILES string of the molecule is CC(C)=CC(=O)OC1(O)c2ccccc2-c2ccccc21. The highest BCUT2D eigenvalue weighted by Crippen LogP contribution is 2.47. The molecule has 1 N–H and O–H groups in total. The normalized spacial score (nSPS) is 14.0. The third kappa shape index (κ3) is 2.16. The molecule has 106 valence electrons. The average Bonchev–Trinajstić information content (AvgIpc) is 2.69. The highest BCUT2D eigenvalue weighted by Gasteiger charge is 2.44. The number of aliphatic hydroxyl groups is 1. The number of carbonyl (C=O) groups excluding carboxylic acids is 1. The van der Waals surface area contributed by atoms with Gasteiger partial charge in [0.25, 0.3) is 5.79 Å². The summed E-state index contributed by atoms with van der Waals surface area (Å²) >= 11 is 0. The van der Waals surface area contributed by atoms with Crippen LogP contribution >= 0.6 is 0 Å². The Hall–Kier alpha value is -2.39. The maximum atomic E-state index is 12.0. The van der Waals surface area contributed by atoms with Crippen molar-refractivity contribution < 1.29 is 14.6 Å². The number of esters is 1. The number of fused-ring (bicyclic) bond motifs is 3. The average molecular weight is 280 g/mol. The summed E-state index contributed by atoms with van der Waals surface area (Å²) in [6.45, 7) is 3.61. The molecule has 3 rings (SSSR count). The van der Waals surface area contributed by atoms with Crippen LogP contribution in [0.2, 0.25) is 0 Å². The Balaban J connectivity index is 2.13. The maximum absolute atomic E-state index is 12.0. The lowest BCUT2D eigenvalue weighted by Gasteiger charge is -2.24. The molecule has 0 saturated heterocycles. The van der Waals surface area contributed by atoms with Gasteiger partial charge in [-0.1, -0.05) is 54.1 Å². The molecule has 0 aliphatic heterocycles. The zero-order valence-corrected chi connectivity index (χ0v) is 12.0. The zero-order valence-electron chi connectivity index (χ0n) is 12.0. The second kappa shape index (κ2) is 4.86. The molecule has 0 aromatic heterocycles. The fraction of sp³-hybridized carbons (Fsp3) is 0.167. The van der Waals surface area contributed by atoms with Gasteiger partial charge in [0.15, 0.2) is 0 Å². The van der Waals surface area contributed by atoms with E-state index in [1.807, 2.05) is 50.2 Å². The summed E-state index contributed by atoms with van der Waals surface area (Å²) < 4.78 is 5.40. The lowest BCUT2D eigenvalue weighted by molar-refractivity contribution is -0.190. The quantitative estimate of drug-likeness (QED) is 0.521. The first-order valence-electron chi connectivity index (χ1n) is 6.82. The van der Waals surface area contributed by atoms with Gasteiger partial charge in [-0.3, -0.25) is 0 Å². The Bertz CT molecular complexity index is 694. The highest BCUT2D eigenvalue weighted by molar-refractivity contribution is 5.86. The van der Waals surface area contributed by atoms with Gasteiger partial charge < -0.3 is 9.84 Å². The minimum absolute atomic E-state index is 0.552. The molecule has 3 nitrogen and oxygen atoms in total. The van der Waals surface area contributed by atoms with Gasteiger partial charge >= 0.3 is 5.97 Å². The zero-order chi connectivity index (χ0) is 15.0. The Kier molecular flexibility index (Phi) is 3.15. The molecule has 0 amide bonds. The van der Waals surface area contributed by atoms with Gasteiger partial charge in [-0.25, -0.2) is 4.79 Å². The number of hydrogen-bond donors (Lipinski definition) is 1. The Morgan fingerprint density at radius 3 is 1.95 bits per heavy atom. The van der Waals surface area contributed by atoms with E-state index in [1.54, 1.807) is 12.1 Å². The van der Waals surface area contributed by atoms with E-state index in [1.165, 1.54) is 6.08 Å². The minimum atomic E-state index is -1.73. The van der Waals surface area contributed by atoms with Gasteiger partial charge in [-0.2, -0.15) is 0 Å². The van der Waals surface area contributed by atoms with Crippen molar-refractivity contribution >= 4 is 5.97 Å². The molecular formula is C18H16O3. The lowest BCUT2D eigenvalue weighted by Crippen LogP contribution is -2.30. The number of allylic oxidation sites excluding steroid dienone is 1. The monoisotopic (exact) mass is 280 g/mol. The fourth-order valence-electron chi connectivity index (χ4n) is 2.69. The largest absolute Gasteiger partial charge is 0.421 e. The van der Waals surface area contributed by atoms with Gasteiger partial charge in [0.2, 0.25) is 0 Å². The van der Waals surface area contributed by atoms with Crippen LogP contribution in [0.1, 0.15) is 25.0 Å². The Labute approximate surface area is 123 Å². The van der Waals surface area contributed by atoms with Crippen LogP contribution in [-0.4, -0.2) is 11.1 Å². The summed E-state index contributed by atoms with van der Waals surface area (Å²) in [5, 5.41) is 11.0. The summed E-state index contributed by atoms with van der Waals surface area (Å²) in [7, 11) is 0. The van der Waals surface area contributed by atoms with Crippen molar-refractivity contribution in [1.82, 2.24) is 0 Å². The predicted octanol–water partition coefficient (Wildman–Crippen LogP) is 3.37. The number of hydrogen-bond acceptors (Lipinski definition) is 3. The van der Waals surface area contributed by atoms with Crippen molar-refractivity contribution in [2.75, 3.05) is 0 Å². The number of carbonyl (C=O) groups is 1. The molecule has 0 saturated carbocycles. The molecule has 0 bridgehead atoms. The van der Waals surface area contributed by atoms with Gasteiger partial charge in [-0.15, -0.1) is 0 Å². The second-order valence-electron chi connectivity index (χ2n) is 5.38. The molecule has 0 spiro atoms. The molecule has 0 atom stereocenters. The van der Waals surface area contributed by atoms with Crippen molar-refractivity contribution in [3.8, 4) is 11.1 Å². The minimum Gasteiger partial charge on any atom is -0.421 e. The van der Waals surface area contributed by atoms with E-state index in [0.717, 1.165) is 16.7 Å². The summed E-state index contributed by atoms with van der Waals surface area (Å²) in [6.07, 6.45) is 1.38. The molecular weight excluding hydrogens is 264 g/mol.